The fourth-order valence-corrected chi connectivity index (χ4v) is 5.07. The maximum atomic E-state index is 12.2. The van der Waals surface area contributed by atoms with Crippen LogP contribution in [-0.2, 0) is 10.8 Å². The first kappa shape index (κ1) is 19.7. The predicted octanol–water partition coefficient (Wildman–Crippen LogP) is 3.55. The largest absolute Gasteiger partial charge is 0.355 e. The van der Waals surface area contributed by atoms with Gasteiger partial charge in [-0.1, -0.05) is 25.7 Å². The minimum Gasteiger partial charge on any atom is -0.355 e. The second-order valence-corrected chi connectivity index (χ2v) is 10.9. The molecule has 2 rings (SSSR count). The monoisotopic (exact) mass is 355 g/mol. The third-order valence-corrected chi connectivity index (χ3v) is 7.53. The van der Waals surface area contributed by atoms with Gasteiger partial charge in [-0.05, 0) is 51.9 Å². The number of guanidine groups is 1. The summed E-state index contributed by atoms with van der Waals surface area (Å²) >= 11 is 0. The summed E-state index contributed by atoms with van der Waals surface area (Å²) in [6.07, 6.45) is 11.0. The van der Waals surface area contributed by atoms with Crippen LogP contribution in [-0.4, -0.2) is 52.3 Å². The molecule has 0 aromatic carbocycles. The number of aliphatic imine (C=N–C) groups is 1. The van der Waals surface area contributed by atoms with Gasteiger partial charge in [-0.25, -0.2) is 0 Å². The van der Waals surface area contributed by atoms with E-state index in [0.717, 1.165) is 25.6 Å². The maximum absolute atomic E-state index is 12.2. The first-order valence-electron chi connectivity index (χ1n) is 9.70. The van der Waals surface area contributed by atoms with Crippen molar-refractivity contribution >= 4 is 16.8 Å². The molecule has 1 saturated carbocycles. The van der Waals surface area contributed by atoms with Crippen molar-refractivity contribution in [3.05, 3.63) is 0 Å². The molecule has 0 aromatic rings. The zero-order valence-electron chi connectivity index (χ0n) is 16.2. The summed E-state index contributed by atoms with van der Waals surface area (Å²) < 4.78 is 12.1. The Labute approximate surface area is 151 Å². The van der Waals surface area contributed by atoms with Crippen LogP contribution in [0.2, 0.25) is 0 Å². The van der Waals surface area contributed by atoms with Crippen molar-refractivity contribution in [2.75, 3.05) is 32.4 Å². The van der Waals surface area contributed by atoms with Crippen molar-refractivity contribution in [3.8, 4) is 0 Å². The predicted molar refractivity (Wildman–Crippen MR) is 105 cm³/mol. The van der Waals surface area contributed by atoms with Gasteiger partial charge in [-0.2, -0.15) is 0 Å². The number of hydrogen-bond donors (Lipinski definition) is 1. The Hall–Kier alpha value is -0.580. The van der Waals surface area contributed by atoms with Crippen molar-refractivity contribution in [2.45, 2.75) is 76.9 Å². The fraction of sp³-hybridized carbons (Fsp3) is 0.947. The SMILES string of the molecule is CN=C(NCCS(=O)C(C)(C)C)N1CCCC2(CCCCCC2)C1. The second kappa shape index (κ2) is 8.68. The van der Waals surface area contributed by atoms with Gasteiger partial charge in [0.1, 0.15) is 0 Å². The van der Waals surface area contributed by atoms with E-state index in [1.165, 1.54) is 51.4 Å². The summed E-state index contributed by atoms with van der Waals surface area (Å²) in [5.41, 5.74) is 0.514. The quantitative estimate of drug-likeness (QED) is 0.622. The van der Waals surface area contributed by atoms with Gasteiger partial charge in [0.25, 0.3) is 0 Å². The Balaban J connectivity index is 1.89. The molecule has 1 atom stereocenters. The Bertz CT molecular complexity index is 448. The van der Waals surface area contributed by atoms with Gasteiger partial charge in [0, 0.05) is 48.0 Å². The summed E-state index contributed by atoms with van der Waals surface area (Å²) in [6.45, 7) is 9.11. The summed E-state index contributed by atoms with van der Waals surface area (Å²) in [5, 5.41) is 3.46. The van der Waals surface area contributed by atoms with Crippen molar-refractivity contribution in [2.24, 2.45) is 10.4 Å². The molecule has 1 spiro atoms. The van der Waals surface area contributed by atoms with Crippen molar-refractivity contribution in [1.29, 1.82) is 0 Å². The van der Waals surface area contributed by atoms with Crippen LogP contribution in [0.1, 0.15) is 72.1 Å². The highest BCUT2D eigenvalue weighted by Crippen LogP contribution is 2.42. The van der Waals surface area contributed by atoms with Gasteiger partial charge in [-0.3, -0.25) is 9.20 Å². The van der Waals surface area contributed by atoms with Crippen molar-refractivity contribution < 1.29 is 4.21 Å². The number of nitrogens with one attached hydrogen (secondary N) is 1. The van der Waals surface area contributed by atoms with Gasteiger partial charge >= 0.3 is 0 Å². The van der Waals surface area contributed by atoms with Crippen LogP contribution in [0, 0.1) is 5.41 Å². The van der Waals surface area contributed by atoms with Crippen LogP contribution in [0.3, 0.4) is 0 Å². The summed E-state index contributed by atoms with van der Waals surface area (Å²) in [7, 11) is 1.06. The van der Waals surface area contributed by atoms with Gasteiger partial charge in [0.15, 0.2) is 5.96 Å². The van der Waals surface area contributed by atoms with E-state index in [-0.39, 0.29) is 4.75 Å². The highest BCUT2D eigenvalue weighted by atomic mass is 32.2. The van der Waals surface area contributed by atoms with Gasteiger partial charge in [0.05, 0.1) is 0 Å². The van der Waals surface area contributed by atoms with Crippen molar-refractivity contribution in [1.82, 2.24) is 10.2 Å². The number of piperidine rings is 1. The third-order valence-electron chi connectivity index (χ3n) is 5.59. The second-order valence-electron chi connectivity index (χ2n) is 8.58. The normalized spacial score (nSPS) is 23.8. The number of rotatable bonds is 3. The van der Waals surface area contributed by atoms with E-state index in [1.54, 1.807) is 0 Å². The molecule has 0 amide bonds. The van der Waals surface area contributed by atoms with Crippen LogP contribution < -0.4 is 5.32 Å². The molecule has 1 aliphatic carbocycles. The lowest BCUT2D eigenvalue weighted by Crippen LogP contribution is -2.51. The molecule has 4 nitrogen and oxygen atoms in total. The molecule has 1 saturated heterocycles. The standard InChI is InChI=1S/C19H37N3OS/c1-18(2,3)24(23)15-13-21-17(20-4)22-14-9-12-19(16-22)10-7-5-6-8-11-19/h5-16H2,1-4H3,(H,20,21). The minimum atomic E-state index is -0.810. The first-order valence-corrected chi connectivity index (χ1v) is 11.0. The molecule has 5 heteroatoms. The zero-order chi connectivity index (χ0) is 17.6. The molecule has 1 N–H and O–H groups in total. The Morgan fingerprint density at radius 2 is 1.75 bits per heavy atom. The molecule has 0 bridgehead atoms. The summed E-state index contributed by atoms with van der Waals surface area (Å²) in [5.74, 6) is 1.69. The average molecular weight is 356 g/mol. The van der Waals surface area contributed by atoms with Gasteiger partial charge in [0.2, 0.25) is 0 Å². The highest BCUT2D eigenvalue weighted by Gasteiger charge is 2.36. The molecule has 140 valence electrons. The van der Waals surface area contributed by atoms with Crippen LogP contribution in [0.25, 0.3) is 0 Å². The van der Waals surface area contributed by atoms with Crippen molar-refractivity contribution in [3.63, 3.8) is 0 Å². The Kier molecular flexibility index (Phi) is 7.14. The van der Waals surface area contributed by atoms with Gasteiger partial charge in [-0.15, -0.1) is 0 Å². The fourth-order valence-electron chi connectivity index (χ4n) is 4.17. The van der Waals surface area contributed by atoms with Crippen LogP contribution in [0.15, 0.2) is 4.99 Å². The topological polar surface area (TPSA) is 44.7 Å². The Morgan fingerprint density at radius 3 is 2.33 bits per heavy atom. The lowest BCUT2D eigenvalue weighted by molar-refractivity contribution is 0.115. The molecule has 24 heavy (non-hydrogen) atoms. The molecule has 0 aromatic heterocycles. The lowest BCUT2D eigenvalue weighted by atomic mass is 9.74. The van der Waals surface area contributed by atoms with Crippen LogP contribution in [0.4, 0.5) is 0 Å². The zero-order valence-corrected chi connectivity index (χ0v) is 17.0. The molecular weight excluding hydrogens is 318 g/mol. The van der Waals surface area contributed by atoms with Crippen LogP contribution in [0.5, 0.6) is 0 Å². The van der Waals surface area contributed by atoms with E-state index in [9.17, 15) is 4.21 Å². The van der Waals surface area contributed by atoms with E-state index >= 15 is 0 Å². The minimum absolute atomic E-state index is 0.138. The molecule has 2 aliphatic rings. The van der Waals surface area contributed by atoms with Crippen LogP contribution >= 0.6 is 0 Å². The van der Waals surface area contributed by atoms with E-state index in [2.05, 4.69) is 15.2 Å². The lowest BCUT2D eigenvalue weighted by Gasteiger charge is -2.44. The number of hydrogen-bond acceptors (Lipinski definition) is 2. The van der Waals surface area contributed by atoms with E-state index < -0.39 is 10.8 Å². The maximum Gasteiger partial charge on any atom is 0.193 e. The smallest absolute Gasteiger partial charge is 0.193 e. The van der Waals surface area contributed by atoms with E-state index in [4.69, 9.17) is 0 Å². The average Bonchev–Trinajstić information content (AvgIpc) is 2.76. The molecule has 1 heterocycles. The summed E-state index contributed by atoms with van der Waals surface area (Å²) in [4.78, 5) is 6.96. The Morgan fingerprint density at radius 1 is 1.12 bits per heavy atom. The van der Waals surface area contributed by atoms with E-state index in [1.807, 2.05) is 27.8 Å². The first-order chi connectivity index (χ1) is 11.4. The molecular formula is C19H37N3OS. The molecule has 2 fully saturated rings. The van der Waals surface area contributed by atoms with Gasteiger partial charge < -0.3 is 10.2 Å². The number of likely N-dealkylation sites (tertiary alicyclic amines) is 1. The number of nitrogens with zero attached hydrogens (tertiary/aromatic N) is 2. The summed E-state index contributed by atoms with van der Waals surface area (Å²) in [6, 6.07) is 0. The van der Waals surface area contributed by atoms with E-state index in [0.29, 0.717) is 11.2 Å². The third kappa shape index (κ3) is 5.47. The molecule has 0 radical (unpaired) electrons. The molecule has 1 aliphatic heterocycles. The highest BCUT2D eigenvalue weighted by molar-refractivity contribution is 7.86. The molecule has 1 unspecified atom stereocenters.